The van der Waals surface area contributed by atoms with Crippen molar-refractivity contribution in [3.05, 3.63) is 94.3 Å². The van der Waals surface area contributed by atoms with Crippen molar-refractivity contribution in [2.24, 2.45) is 5.92 Å². The van der Waals surface area contributed by atoms with E-state index in [0.717, 1.165) is 11.3 Å². The van der Waals surface area contributed by atoms with Crippen LogP contribution in [0.15, 0.2) is 82.0 Å². The van der Waals surface area contributed by atoms with E-state index < -0.39 is 17.6 Å². The molecular weight excluding hydrogens is 458 g/mol. The Hall–Kier alpha value is -4.26. The molecule has 1 aliphatic heterocycles. The number of carbonyl (C=O) groups excluding carboxylic acids is 1. The fourth-order valence-electron chi connectivity index (χ4n) is 4.35. The molecule has 0 unspecified atom stereocenters. The maximum Gasteiger partial charge on any atom is 0.344 e. The average molecular weight is 486 g/mol. The zero-order chi connectivity index (χ0) is 25.2. The second-order valence-electron chi connectivity index (χ2n) is 9.14. The number of fused-ring (bicyclic) bond motifs is 3. The molecule has 3 aromatic carbocycles. The summed E-state index contributed by atoms with van der Waals surface area (Å²) in [5.74, 6) is 1.14. The first kappa shape index (κ1) is 23.5. The van der Waals surface area contributed by atoms with Crippen LogP contribution >= 0.6 is 0 Å². The summed E-state index contributed by atoms with van der Waals surface area (Å²) in [6, 6.07) is 21.6. The highest BCUT2D eigenvalue weighted by Crippen LogP contribution is 2.44. The molecule has 36 heavy (non-hydrogen) atoms. The maximum atomic E-state index is 13.5. The van der Waals surface area contributed by atoms with Gasteiger partial charge in [0.1, 0.15) is 22.8 Å². The summed E-state index contributed by atoms with van der Waals surface area (Å²) in [7, 11) is 1.58. The zero-order valence-corrected chi connectivity index (χ0v) is 20.3. The molecular formula is C29H27NO6. The van der Waals surface area contributed by atoms with Crippen molar-refractivity contribution in [1.82, 2.24) is 0 Å². The van der Waals surface area contributed by atoms with Crippen molar-refractivity contribution in [3.8, 4) is 17.2 Å². The molecule has 1 N–H and O–H groups in total. The van der Waals surface area contributed by atoms with Gasteiger partial charge in [0, 0.05) is 5.69 Å². The van der Waals surface area contributed by atoms with Gasteiger partial charge in [0.25, 0.3) is 5.91 Å². The number of rotatable bonds is 7. The first-order chi connectivity index (χ1) is 17.4. The molecule has 7 nitrogen and oxygen atoms in total. The fourth-order valence-corrected chi connectivity index (χ4v) is 4.35. The van der Waals surface area contributed by atoms with Gasteiger partial charge in [-0.3, -0.25) is 4.79 Å². The van der Waals surface area contributed by atoms with Gasteiger partial charge in [-0.1, -0.05) is 38.1 Å². The van der Waals surface area contributed by atoms with Crippen LogP contribution in [0.1, 0.15) is 30.9 Å². The molecule has 0 spiro atoms. The summed E-state index contributed by atoms with van der Waals surface area (Å²) in [6.07, 6.45) is -0.974. The molecule has 184 valence electrons. The van der Waals surface area contributed by atoms with Crippen LogP contribution in [0, 0.1) is 5.92 Å². The Morgan fingerprint density at radius 1 is 0.972 bits per heavy atom. The lowest BCUT2D eigenvalue weighted by Gasteiger charge is -2.19. The molecule has 5 rings (SSSR count). The third-order valence-electron chi connectivity index (χ3n) is 6.10. The molecule has 0 bridgehead atoms. The summed E-state index contributed by atoms with van der Waals surface area (Å²) in [6.45, 7) is 4.75. The number of anilines is 1. The standard InChI is InChI=1S/C29H27NO6/c1-17(2)16-34-21-12-8-18(9-13-21)24-25-26(22-6-4-5-7-23(22)35-29(25)32)36-27(24)28(31)30-19-10-14-20(33-3)15-11-19/h4-15,17,24,27H,16H2,1-3H3,(H,30,31)/t24-,27+/m1/s1. The molecule has 0 aliphatic carbocycles. The predicted molar refractivity (Wildman–Crippen MR) is 137 cm³/mol. The highest BCUT2D eigenvalue weighted by Gasteiger charge is 2.44. The molecule has 2 heterocycles. The van der Waals surface area contributed by atoms with Gasteiger partial charge in [0.2, 0.25) is 0 Å². The number of amides is 1. The first-order valence-corrected chi connectivity index (χ1v) is 11.8. The van der Waals surface area contributed by atoms with E-state index in [1.807, 2.05) is 36.4 Å². The summed E-state index contributed by atoms with van der Waals surface area (Å²) in [5.41, 5.74) is 1.57. The number of hydrogen-bond donors (Lipinski definition) is 1. The molecule has 0 radical (unpaired) electrons. The van der Waals surface area contributed by atoms with Crippen molar-refractivity contribution in [3.63, 3.8) is 0 Å². The number of methoxy groups -OCH3 is 1. The molecule has 0 saturated heterocycles. The van der Waals surface area contributed by atoms with Gasteiger partial charge in [-0.05, 0) is 60.0 Å². The van der Waals surface area contributed by atoms with E-state index in [9.17, 15) is 9.59 Å². The number of benzene rings is 3. The van der Waals surface area contributed by atoms with E-state index in [0.29, 0.717) is 46.2 Å². The summed E-state index contributed by atoms with van der Waals surface area (Å²) < 4.78 is 22.8. The summed E-state index contributed by atoms with van der Waals surface area (Å²) in [4.78, 5) is 26.6. The lowest BCUT2D eigenvalue weighted by atomic mass is 9.88. The van der Waals surface area contributed by atoms with E-state index in [1.165, 1.54) is 0 Å². The highest BCUT2D eigenvalue weighted by molar-refractivity contribution is 5.97. The minimum Gasteiger partial charge on any atom is -0.497 e. The zero-order valence-electron chi connectivity index (χ0n) is 20.3. The molecule has 1 aliphatic rings. The van der Waals surface area contributed by atoms with E-state index in [-0.39, 0.29) is 5.91 Å². The fraction of sp³-hybridized carbons (Fsp3) is 0.241. The van der Waals surface area contributed by atoms with Gasteiger partial charge >= 0.3 is 5.63 Å². The second kappa shape index (κ2) is 9.77. The average Bonchev–Trinajstić information content (AvgIpc) is 3.30. The summed E-state index contributed by atoms with van der Waals surface area (Å²) in [5, 5.41) is 3.55. The molecule has 0 saturated carbocycles. The normalized spacial score (nSPS) is 16.4. The van der Waals surface area contributed by atoms with Gasteiger partial charge in [-0.25, -0.2) is 4.79 Å². The smallest absolute Gasteiger partial charge is 0.344 e. The van der Waals surface area contributed by atoms with Crippen molar-refractivity contribution >= 4 is 22.6 Å². The topological polar surface area (TPSA) is 87.0 Å². The van der Waals surface area contributed by atoms with E-state index in [1.54, 1.807) is 43.5 Å². The molecule has 1 amide bonds. The third kappa shape index (κ3) is 4.52. The lowest BCUT2D eigenvalue weighted by Crippen LogP contribution is -2.35. The van der Waals surface area contributed by atoms with Crippen molar-refractivity contribution < 1.29 is 23.4 Å². The molecule has 0 fully saturated rings. The number of nitrogens with one attached hydrogen (secondary N) is 1. The van der Waals surface area contributed by atoms with Crippen molar-refractivity contribution in [2.45, 2.75) is 25.9 Å². The van der Waals surface area contributed by atoms with E-state index >= 15 is 0 Å². The quantitative estimate of drug-likeness (QED) is 0.354. The van der Waals surface area contributed by atoms with Crippen LogP contribution in [0.2, 0.25) is 0 Å². The second-order valence-corrected chi connectivity index (χ2v) is 9.14. The molecule has 7 heteroatoms. The van der Waals surface area contributed by atoms with Crippen LogP contribution in [0.4, 0.5) is 5.69 Å². The van der Waals surface area contributed by atoms with Crippen molar-refractivity contribution in [1.29, 1.82) is 0 Å². The van der Waals surface area contributed by atoms with Crippen LogP contribution in [0.5, 0.6) is 17.2 Å². The highest BCUT2D eigenvalue weighted by atomic mass is 16.5. The van der Waals surface area contributed by atoms with Gasteiger partial charge in [-0.2, -0.15) is 0 Å². The van der Waals surface area contributed by atoms with Gasteiger partial charge in [0.05, 0.1) is 30.6 Å². The van der Waals surface area contributed by atoms with Crippen LogP contribution in [0.25, 0.3) is 11.0 Å². The SMILES string of the molecule is COc1ccc(NC(=O)[C@H]2Oc3c(c(=O)oc4ccccc34)[C@H]2c2ccc(OCC(C)C)cc2)cc1. The Kier molecular flexibility index (Phi) is 6.38. The number of ether oxygens (including phenoxy) is 3. The number of carbonyl (C=O) groups is 1. The Morgan fingerprint density at radius 2 is 1.67 bits per heavy atom. The lowest BCUT2D eigenvalue weighted by molar-refractivity contribution is -0.122. The number of hydrogen-bond acceptors (Lipinski definition) is 6. The molecule has 2 atom stereocenters. The third-order valence-corrected chi connectivity index (χ3v) is 6.10. The predicted octanol–water partition coefficient (Wildman–Crippen LogP) is 5.37. The van der Waals surface area contributed by atoms with Gasteiger partial charge in [-0.15, -0.1) is 0 Å². The Morgan fingerprint density at radius 3 is 2.36 bits per heavy atom. The molecule has 1 aromatic heterocycles. The minimum atomic E-state index is -0.974. The molecule has 4 aromatic rings. The van der Waals surface area contributed by atoms with Crippen LogP contribution in [-0.4, -0.2) is 25.7 Å². The minimum absolute atomic E-state index is 0.333. The van der Waals surface area contributed by atoms with E-state index in [2.05, 4.69) is 19.2 Å². The van der Waals surface area contributed by atoms with Crippen molar-refractivity contribution in [2.75, 3.05) is 19.0 Å². The van der Waals surface area contributed by atoms with Crippen LogP contribution in [0.3, 0.4) is 0 Å². The number of para-hydroxylation sites is 1. The monoisotopic (exact) mass is 485 g/mol. The first-order valence-electron chi connectivity index (χ1n) is 11.8. The Balaban J connectivity index is 1.53. The Labute approximate surface area is 208 Å². The summed E-state index contributed by atoms with van der Waals surface area (Å²) >= 11 is 0. The van der Waals surface area contributed by atoms with Crippen LogP contribution < -0.4 is 25.2 Å². The Bertz CT molecular complexity index is 1440. The maximum absolute atomic E-state index is 13.5. The van der Waals surface area contributed by atoms with Crippen LogP contribution in [-0.2, 0) is 4.79 Å². The van der Waals surface area contributed by atoms with E-state index in [4.69, 9.17) is 18.6 Å². The van der Waals surface area contributed by atoms with Gasteiger partial charge < -0.3 is 23.9 Å². The largest absolute Gasteiger partial charge is 0.497 e. The van der Waals surface area contributed by atoms with Gasteiger partial charge in [0.15, 0.2) is 6.10 Å².